The van der Waals surface area contributed by atoms with Crippen molar-refractivity contribution in [3.05, 3.63) is 21.9 Å². The summed E-state index contributed by atoms with van der Waals surface area (Å²) in [5.41, 5.74) is 7.09. The van der Waals surface area contributed by atoms with Crippen molar-refractivity contribution >= 4 is 34.5 Å². The molecular weight excluding hydrogens is 288 g/mol. The van der Waals surface area contributed by atoms with Crippen LogP contribution in [0.25, 0.3) is 0 Å². The van der Waals surface area contributed by atoms with Crippen LogP contribution < -0.4 is 5.73 Å². The van der Waals surface area contributed by atoms with Gasteiger partial charge in [-0.2, -0.15) is 0 Å². The quantitative estimate of drug-likeness (QED) is 0.855. The number of rotatable bonds is 2. The number of amides is 1. The van der Waals surface area contributed by atoms with E-state index in [0.29, 0.717) is 4.99 Å². The van der Waals surface area contributed by atoms with Gasteiger partial charge < -0.3 is 10.6 Å². The fourth-order valence-corrected chi connectivity index (χ4v) is 4.67. The molecule has 1 aromatic heterocycles. The van der Waals surface area contributed by atoms with Gasteiger partial charge in [-0.1, -0.05) is 12.2 Å². The van der Waals surface area contributed by atoms with Crippen LogP contribution in [0.2, 0.25) is 0 Å². The first-order chi connectivity index (χ1) is 9.68. The van der Waals surface area contributed by atoms with Crippen LogP contribution in [0.4, 0.5) is 0 Å². The van der Waals surface area contributed by atoms with Crippen molar-refractivity contribution in [2.75, 3.05) is 6.54 Å². The molecule has 2 N–H and O–H groups in total. The van der Waals surface area contributed by atoms with E-state index in [0.717, 1.165) is 45.1 Å². The van der Waals surface area contributed by atoms with Gasteiger partial charge in [-0.05, 0) is 55.5 Å². The van der Waals surface area contributed by atoms with Gasteiger partial charge in [-0.3, -0.25) is 4.79 Å². The van der Waals surface area contributed by atoms with Crippen molar-refractivity contribution in [1.82, 2.24) is 4.90 Å². The fourth-order valence-electron chi connectivity index (χ4n) is 3.43. The number of nitrogens with zero attached hydrogens (tertiary/aromatic N) is 1. The van der Waals surface area contributed by atoms with Crippen LogP contribution in [0.5, 0.6) is 0 Å². The van der Waals surface area contributed by atoms with Crippen LogP contribution in [-0.2, 0) is 11.2 Å². The van der Waals surface area contributed by atoms with E-state index in [1.807, 2.05) is 4.90 Å². The molecule has 0 spiro atoms. The van der Waals surface area contributed by atoms with Gasteiger partial charge in [-0.15, -0.1) is 11.3 Å². The predicted octanol–water partition coefficient (Wildman–Crippen LogP) is 2.84. The minimum Gasteiger partial charge on any atom is -0.392 e. The summed E-state index contributed by atoms with van der Waals surface area (Å²) in [6, 6.07) is 2.09. The molecule has 2 atom stereocenters. The number of hydrogen-bond donors (Lipinski definition) is 1. The zero-order valence-electron chi connectivity index (χ0n) is 11.5. The molecule has 1 aromatic rings. The molecule has 1 aliphatic carbocycles. The summed E-state index contributed by atoms with van der Waals surface area (Å²) in [6.07, 6.45) is 6.28. The average Bonchev–Trinajstić information content (AvgIpc) is 2.94. The first-order valence-electron chi connectivity index (χ1n) is 7.34. The van der Waals surface area contributed by atoms with Crippen molar-refractivity contribution in [2.24, 2.45) is 5.73 Å². The number of thiocarbonyl (C=S) groups is 1. The first-order valence-corrected chi connectivity index (χ1v) is 8.63. The molecule has 2 heterocycles. The Morgan fingerprint density at radius 3 is 3.00 bits per heavy atom. The maximum Gasteiger partial charge on any atom is 0.230 e. The molecular formula is C15H20N2OS2. The highest BCUT2D eigenvalue weighted by atomic mass is 32.1. The molecule has 0 saturated carbocycles. The molecule has 20 heavy (non-hydrogen) atoms. The SMILES string of the molecule is NC(=S)C1CCCCN1C(=O)C1CCCc2sccc21. The number of piperidine rings is 1. The summed E-state index contributed by atoms with van der Waals surface area (Å²) in [7, 11) is 0. The van der Waals surface area contributed by atoms with Crippen LogP contribution in [0, 0.1) is 0 Å². The van der Waals surface area contributed by atoms with Crippen molar-refractivity contribution < 1.29 is 4.79 Å². The number of aryl methyl sites for hydroxylation is 1. The Balaban J connectivity index is 1.84. The monoisotopic (exact) mass is 308 g/mol. The first kappa shape index (κ1) is 14.0. The van der Waals surface area contributed by atoms with E-state index in [-0.39, 0.29) is 17.9 Å². The molecule has 1 fully saturated rings. The van der Waals surface area contributed by atoms with Gasteiger partial charge >= 0.3 is 0 Å². The lowest BCUT2D eigenvalue weighted by molar-refractivity contribution is -0.135. The van der Waals surface area contributed by atoms with Crippen molar-refractivity contribution in [3.63, 3.8) is 0 Å². The molecule has 0 aromatic carbocycles. The van der Waals surface area contributed by atoms with Gasteiger partial charge in [0.25, 0.3) is 0 Å². The average molecular weight is 308 g/mol. The topological polar surface area (TPSA) is 46.3 Å². The highest BCUT2D eigenvalue weighted by molar-refractivity contribution is 7.80. The largest absolute Gasteiger partial charge is 0.392 e. The summed E-state index contributed by atoms with van der Waals surface area (Å²) >= 11 is 6.94. The molecule has 2 unspecified atom stereocenters. The van der Waals surface area contributed by atoms with Crippen molar-refractivity contribution in [2.45, 2.75) is 50.5 Å². The van der Waals surface area contributed by atoms with Crippen LogP contribution in [-0.4, -0.2) is 28.4 Å². The normalized spacial score (nSPS) is 26.1. The lowest BCUT2D eigenvalue weighted by Crippen LogP contribution is -2.51. The maximum atomic E-state index is 12.9. The van der Waals surface area contributed by atoms with Crippen molar-refractivity contribution in [3.8, 4) is 0 Å². The third-order valence-corrected chi connectivity index (χ3v) is 5.73. The lowest BCUT2D eigenvalue weighted by Gasteiger charge is -2.38. The molecule has 3 rings (SSSR count). The van der Waals surface area contributed by atoms with E-state index >= 15 is 0 Å². The molecule has 2 aliphatic rings. The molecule has 5 heteroatoms. The number of carbonyl (C=O) groups is 1. The Labute approximate surface area is 129 Å². The Bertz CT molecular complexity index is 526. The van der Waals surface area contributed by atoms with Gasteiger partial charge in [0.1, 0.15) is 0 Å². The third kappa shape index (κ3) is 2.49. The Kier molecular flexibility index (Phi) is 4.08. The molecule has 0 bridgehead atoms. The summed E-state index contributed by atoms with van der Waals surface area (Å²) in [5.74, 6) is 0.266. The highest BCUT2D eigenvalue weighted by Crippen LogP contribution is 2.37. The van der Waals surface area contributed by atoms with E-state index in [9.17, 15) is 4.79 Å². The van der Waals surface area contributed by atoms with Crippen LogP contribution in [0.3, 0.4) is 0 Å². The van der Waals surface area contributed by atoms with Crippen LogP contribution >= 0.6 is 23.6 Å². The summed E-state index contributed by atoms with van der Waals surface area (Å²) in [6.45, 7) is 0.802. The fraction of sp³-hybridized carbons (Fsp3) is 0.600. The number of thiophene rings is 1. The van der Waals surface area contributed by atoms with Crippen molar-refractivity contribution in [1.29, 1.82) is 0 Å². The van der Waals surface area contributed by atoms with Gasteiger partial charge in [-0.25, -0.2) is 0 Å². The standard InChI is InChI=1S/C15H20N2OS2/c16-14(19)12-5-1-2-8-17(12)15(18)11-4-3-6-13-10(11)7-9-20-13/h7,9,11-12H,1-6,8H2,(H2,16,19). The molecule has 1 amide bonds. The molecule has 3 nitrogen and oxygen atoms in total. The molecule has 0 radical (unpaired) electrons. The van der Waals surface area contributed by atoms with Crippen LogP contribution in [0.15, 0.2) is 11.4 Å². The maximum absolute atomic E-state index is 12.9. The Hall–Kier alpha value is -0.940. The van der Waals surface area contributed by atoms with E-state index in [2.05, 4.69) is 11.4 Å². The molecule has 1 saturated heterocycles. The number of hydrogen-bond acceptors (Lipinski definition) is 3. The van der Waals surface area contributed by atoms with E-state index in [1.54, 1.807) is 11.3 Å². The summed E-state index contributed by atoms with van der Waals surface area (Å²) in [4.78, 5) is 16.8. The summed E-state index contributed by atoms with van der Waals surface area (Å²) < 4.78 is 0. The smallest absolute Gasteiger partial charge is 0.230 e. The second-order valence-electron chi connectivity index (χ2n) is 5.69. The minimum absolute atomic E-state index is 0.0277. The molecule has 1 aliphatic heterocycles. The minimum atomic E-state index is -0.0322. The van der Waals surface area contributed by atoms with Gasteiger partial charge in [0.05, 0.1) is 16.9 Å². The third-order valence-electron chi connectivity index (χ3n) is 4.46. The highest BCUT2D eigenvalue weighted by Gasteiger charge is 2.35. The number of likely N-dealkylation sites (tertiary alicyclic amines) is 1. The zero-order chi connectivity index (χ0) is 14.1. The van der Waals surface area contributed by atoms with E-state index < -0.39 is 0 Å². The number of fused-ring (bicyclic) bond motifs is 1. The molecule has 108 valence electrons. The second-order valence-corrected chi connectivity index (χ2v) is 7.16. The number of carbonyl (C=O) groups excluding carboxylic acids is 1. The van der Waals surface area contributed by atoms with Gasteiger partial charge in [0, 0.05) is 11.4 Å². The lowest BCUT2D eigenvalue weighted by atomic mass is 9.85. The Morgan fingerprint density at radius 2 is 2.20 bits per heavy atom. The van der Waals surface area contributed by atoms with Gasteiger partial charge in [0.2, 0.25) is 5.91 Å². The Morgan fingerprint density at radius 1 is 1.35 bits per heavy atom. The zero-order valence-corrected chi connectivity index (χ0v) is 13.1. The van der Waals surface area contributed by atoms with Crippen LogP contribution in [0.1, 0.15) is 48.5 Å². The summed E-state index contributed by atoms with van der Waals surface area (Å²) in [5, 5.41) is 2.11. The van der Waals surface area contributed by atoms with Gasteiger partial charge in [0.15, 0.2) is 0 Å². The van der Waals surface area contributed by atoms with E-state index in [4.69, 9.17) is 18.0 Å². The van der Waals surface area contributed by atoms with E-state index in [1.165, 1.54) is 10.4 Å². The second kappa shape index (κ2) is 5.82. The number of nitrogens with two attached hydrogens (primary N) is 1. The predicted molar refractivity (Wildman–Crippen MR) is 86.1 cm³/mol.